The van der Waals surface area contributed by atoms with Gasteiger partial charge in [-0.25, -0.2) is 18.6 Å². The summed E-state index contributed by atoms with van der Waals surface area (Å²) in [5, 5.41) is 8.65. The molecule has 0 bridgehead atoms. The van der Waals surface area contributed by atoms with Crippen LogP contribution in [0.4, 0.5) is 19.3 Å². The number of fused-ring (bicyclic) bond motifs is 1. The summed E-state index contributed by atoms with van der Waals surface area (Å²) in [6, 6.07) is 28.0. The average molecular weight is 626 g/mol. The molecule has 238 valence electrons. The van der Waals surface area contributed by atoms with E-state index < -0.39 is 36.3 Å². The third-order valence-electron chi connectivity index (χ3n) is 7.90. The van der Waals surface area contributed by atoms with E-state index in [0.717, 1.165) is 26.9 Å². The molecule has 0 aliphatic carbocycles. The van der Waals surface area contributed by atoms with Crippen molar-refractivity contribution >= 4 is 22.7 Å². The number of pyridine rings is 1. The van der Waals surface area contributed by atoms with Gasteiger partial charge in [0.05, 0.1) is 23.7 Å². The van der Waals surface area contributed by atoms with Crippen LogP contribution in [-0.4, -0.2) is 56.4 Å². The van der Waals surface area contributed by atoms with Gasteiger partial charge in [-0.3, -0.25) is 4.68 Å². The van der Waals surface area contributed by atoms with Crippen LogP contribution in [0.15, 0.2) is 97.2 Å². The largest absolute Gasteiger partial charge is 0.464 e. The van der Waals surface area contributed by atoms with Gasteiger partial charge in [-0.15, -0.1) is 0 Å². The van der Waals surface area contributed by atoms with E-state index in [4.69, 9.17) is 14.6 Å². The Morgan fingerprint density at radius 2 is 1.65 bits per heavy atom. The van der Waals surface area contributed by atoms with Crippen molar-refractivity contribution < 1.29 is 23.0 Å². The zero-order valence-electron chi connectivity index (χ0n) is 26.3. The van der Waals surface area contributed by atoms with Crippen molar-refractivity contribution in [3.05, 3.63) is 108 Å². The lowest BCUT2D eigenvalue weighted by atomic mass is 10.00. The normalized spacial score (nSPS) is 16.4. The van der Waals surface area contributed by atoms with Gasteiger partial charge in [0.2, 0.25) is 5.88 Å². The monoisotopic (exact) mass is 625 g/mol. The molecular formula is C36H37F2N5O3. The molecule has 1 amide bonds. The van der Waals surface area contributed by atoms with E-state index in [9.17, 15) is 4.79 Å². The first kappa shape index (κ1) is 31.0. The highest BCUT2D eigenvalue weighted by Gasteiger charge is 2.46. The second-order valence-electron chi connectivity index (χ2n) is 12.5. The minimum Gasteiger partial charge on any atom is -0.464 e. The number of carbonyl (C=O) groups excluding carboxylic acids is 1. The topological polar surface area (TPSA) is 81.5 Å². The van der Waals surface area contributed by atoms with Crippen LogP contribution in [-0.2, 0) is 11.8 Å². The van der Waals surface area contributed by atoms with E-state index >= 15 is 8.78 Å². The Bertz CT molecular complexity index is 1780. The van der Waals surface area contributed by atoms with Gasteiger partial charge in [-0.1, -0.05) is 60.7 Å². The van der Waals surface area contributed by atoms with Crippen LogP contribution in [0.25, 0.3) is 22.2 Å². The summed E-state index contributed by atoms with van der Waals surface area (Å²) in [5.41, 5.74) is 3.89. The Morgan fingerprint density at radius 3 is 2.28 bits per heavy atom. The highest BCUT2D eigenvalue weighted by molar-refractivity contribution is 5.96. The maximum Gasteiger partial charge on any atom is 0.410 e. The Labute approximate surface area is 267 Å². The van der Waals surface area contributed by atoms with Gasteiger partial charge in [0.25, 0.3) is 5.92 Å². The Hall–Kier alpha value is -4.99. The number of nitrogens with one attached hydrogen (secondary N) is 1. The number of hydrogen-bond donors (Lipinski definition) is 1. The van der Waals surface area contributed by atoms with Crippen LogP contribution in [0.1, 0.15) is 44.4 Å². The molecule has 8 nitrogen and oxygen atoms in total. The third-order valence-corrected chi connectivity index (χ3v) is 7.90. The molecule has 6 rings (SSSR count). The van der Waals surface area contributed by atoms with Crippen molar-refractivity contribution in [1.82, 2.24) is 19.7 Å². The van der Waals surface area contributed by atoms with E-state index in [-0.39, 0.29) is 13.0 Å². The summed E-state index contributed by atoms with van der Waals surface area (Å²) < 4.78 is 44.2. The first-order valence-corrected chi connectivity index (χ1v) is 15.3. The molecule has 0 saturated carbocycles. The fourth-order valence-electron chi connectivity index (χ4n) is 5.71. The number of rotatable bonds is 7. The van der Waals surface area contributed by atoms with Crippen LogP contribution in [0.3, 0.4) is 0 Å². The summed E-state index contributed by atoms with van der Waals surface area (Å²) in [6.07, 6.45) is 0.631. The number of alkyl halides is 2. The number of carbonyl (C=O) groups is 1. The second kappa shape index (κ2) is 12.4. The molecule has 3 aromatic carbocycles. The van der Waals surface area contributed by atoms with Gasteiger partial charge in [-0.2, -0.15) is 5.10 Å². The summed E-state index contributed by atoms with van der Waals surface area (Å²) in [4.78, 5) is 18.1. The van der Waals surface area contributed by atoms with Gasteiger partial charge < -0.3 is 19.7 Å². The highest BCUT2D eigenvalue weighted by Crippen LogP contribution is 2.38. The van der Waals surface area contributed by atoms with Crippen molar-refractivity contribution in [2.24, 2.45) is 7.05 Å². The van der Waals surface area contributed by atoms with E-state index in [2.05, 4.69) is 10.3 Å². The van der Waals surface area contributed by atoms with Gasteiger partial charge in [-0.05, 0) is 68.7 Å². The lowest BCUT2D eigenvalue weighted by Gasteiger charge is -2.39. The van der Waals surface area contributed by atoms with Crippen LogP contribution < -0.4 is 10.1 Å². The number of anilines is 1. The first-order valence-electron chi connectivity index (χ1n) is 15.3. The quantitative estimate of drug-likeness (QED) is 0.198. The predicted molar refractivity (Wildman–Crippen MR) is 174 cm³/mol. The van der Waals surface area contributed by atoms with Crippen molar-refractivity contribution in [2.75, 3.05) is 18.4 Å². The molecular weight excluding hydrogens is 588 g/mol. The standard InChI is InChI=1S/C36H37F2N5O3/c1-35(2,3)46-34(44)43-21-19-30(36(37,38)23-43)40-26-17-18-27-29(22-26)42(4)41-31(27)28-16-11-20-39-33(28)45-32(24-12-7-5-8-13-24)25-14-9-6-10-15-25/h5-18,20,22,30,32,40H,19,21,23H2,1-4H3/t30-/m1/s1. The number of aromatic nitrogens is 3. The molecule has 1 saturated heterocycles. The minimum atomic E-state index is -3.16. The van der Waals surface area contributed by atoms with E-state index in [1.54, 1.807) is 37.7 Å². The SMILES string of the molecule is Cn1nc(-c2cccnc2OC(c2ccccc2)c2ccccc2)c2ccc(N[C@@H]3CCN(C(=O)OC(C)(C)C)CC3(F)F)cc21. The van der Waals surface area contributed by atoms with E-state index in [1.807, 2.05) is 92.0 Å². The van der Waals surface area contributed by atoms with Gasteiger partial charge in [0, 0.05) is 30.9 Å². The molecule has 1 atom stereocenters. The van der Waals surface area contributed by atoms with Gasteiger partial charge in [0.15, 0.2) is 6.10 Å². The number of amides is 1. The van der Waals surface area contributed by atoms with Crippen molar-refractivity contribution in [3.63, 3.8) is 0 Å². The zero-order chi connectivity index (χ0) is 32.5. The van der Waals surface area contributed by atoms with Crippen molar-refractivity contribution in [2.45, 2.75) is 50.9 Å². The van der Waals surface area contributed by atoms with Crippen LogP contribution >= 0.6 is 0 Å². The first-order chi connectivity index (χ1) is 22.0. The molecule has 0 radical (unpaired) electrons. The van der Waals surface area contributed by atoms with E-state index in [1.165, 1.54) is 0 Å². The summed E-state index contributed by atoms with van der Waals surface area (Å²) >= 11 is 0. The fraction of sp³-hybridized carbons (Fsp3) is 0.306. The molecule has 1 fully saturated rings. The van der Waals surface area contributed by atoms with Crippen LogP contribution in [0, 0.1) is 0 Å². The molecule has 10 heteroatoms. The number of likely N-dealkylation sites (tertiary alicyclic amines) is 1. The molecule has 1 aliphatic heterocycles. The maximum absolute atomic E-state index is 15.3. The maximum atomic E-state index is 15.3. The number of aryl methyl sites for hydroxylation is 1. The molecule has 3 heterocycles. The number of ether oxygens (including phenoxy) is 2. The number of hydrogen-bond acceptors (Lipinski definition) is 6. The molecule has 1 N–H and O–H groups in total. The second-order valence-corrected chi connectivity index (χ2v) is 12.5. The van der Waals surface area contributed by atoms with Crippen molar-refractivity contribution in [1.29, 1.82) is 0 Å². The zero-order valence-corrected chi connectivity index (χ0v) is 26.3. The number of halogens is 2. The minimum absolute atomic E-state index is 0.0707. The summed E-state index contributed by atoms with van der Waals surface area (Å²) in [6.45, 7) is 4.59. The highest BCUT2D eigenvalue weighted by atomic mass is 19.3. The number of nitrogens with zero attached hydrogens (tertiary/aromatic N) is 4. The smallest absolute Gasteiger partial charge is 0.410 e. The molecule has 0 spiro atoms. The van der Waals surface area contributed by atoms with Crippen LogP contribution in [0.2, 0.25) is 0 Å². The molecule has 46 heavy (non-hydrogen) atoms. The molecule has 5 aromatic rings. The van der Waals surface area contributed by atoms with Crippen molar-refractivity contribution in [3.8, 4) is 17.1 Å². The molecule has 2 aromatic heterocycles. The van der Waals surface area contributed by atoms with E-state index in [0.29, 0.717) is 22.8 Å². The molecule has 1 aliphatic rings. The van der Waals surface area contributed by atoms with Gasteiger partial charge in [0.1, 0.15) is 11.3 Å². The number of piperidine rings is 1. The van der Waals surface area contributed by atoms with Gasteiger partial charge >= 0.3 is 6.09 Å². The molecule has 0 unspecified atom stereocenters. The van der Waals surface area contributed by atoms with Crippen LogP contribution in [0.5, 0.6) is 5.88 Å². The fourth-order valence-corrected chi connectivity index (χ4v) is 5.71. The Morgan fingerprint density at radius 1 is 0.978 bits per heavy atom. The number of benzene rings is 3. The third kappa shape index (κ3) is 6.66. The Kier molecular flexibility index (Phi) is 8.37. The lowest BCUT2D eigenvalue weighted by Crippen LogP contribution is -2.56. The summed E-state index contributed by atoms with van der Waals surface area (Å²) in [7, 11) is 1.82. The average Bonchev–Trinajstić information content (AvgIpc) is 3.36. The predicted octanol–water partition coefficient (Wildman–Crippen LogP) is 7.86. The lowest BCUT2D eigenvalue weighted by molar-refractivity contribution is -0.0770. The Balaban J connectivity index is 1.26. The summed E-state index contributed by atoms with van der Waals surface area (Å²) in [5.74, 6) is -2.73.